The van der Waals surface area contributed by atoms with Crippen LogP contribution in [-0.2, 0) is 0 Å². The van der Waals surface area contributed by atoms with Gasteiger partial charge in [0, 0.05) is 25.3 Å². The van der Waals surface area contributed by atoms with Crippen LogP contribution in [0.1, 0.15) is 57.6 Å². The van der Waals surface area contributed by atoms with Gasteiger partial charge in [0.1, 0.15) is 0 Å². The first-order chi connectivity index (χ1) is 10.1. The lowest BCUT2D eigenvalue weighted by atomic mass is 9.98. The summed E-state index contributed by atoms with van der Waals surface area (Å²) in [6.07, 6.45) is 5.25. The second-order valence-electron chi connectivity index (χ2n) is 6.36. The maximum absolute atomic E-state index is 10.7. The normalized spacial score (nSPS) is 18.7. The molecule has 1 aliphatic carbocycles. The van der Waals surface area contributed by atoms with Crippen LogP contribution in [0.25, 0.3) is 0 Å². The first kappa shape index (κ1) is 16.3. The molecule has 118 valence electrons. The summed E-state index contributed by atoms with van der Waals surface area (Å²) in [5.74, 6) is 0. The van der Waals surface area contributed by atoms with E-state index in [1.165, 1.54) is 11.3 Å². The second-order valence-corrected chi connectivity index (χ2v) is 6.36. The van der Waals surface area contributed by atoms with E-state index in [0.717, 1.165) is 45.2 Å². The van der Waals surface area contributed by atoms with Crippen molar-refractivity contribution in [1.82, 2.24) is 5.32 Å². The molecule has 0 aromatic heterocycles. The molecule has 1 aliphatic rings. The largest absolute Gasteiger partial charge is 0.388 e. The van der Waals surface area contributed by atoms with Gasteiger partial charge in [0.15, 0.2) is 0 Å². The quantitative estimate of drug-likeness (QED) is 0.807. The summed E-state index contributed by atoms with van der Waals surface area (Å²) < 4.78 is 0. The van der Waals surface area contributed by atoms with E-state index in [4.69, 9.17) is 0 Å². The maximum Gasteiger partial charge on any atom is 0.0821 e. The molecule has 2 N–H and O–H groups in total. The van der Waals surface area contributed by atoms with E-state index in [-0.39, 0.29) is 0 Å². The van der Waals surface area contributed by atoms with Gasteiger partial charge < -0.3 is 15.3 Å². The lowest BCUT2D eigenvalue weighted by molar-refractivity contribution is 0.0559. The summed E-state index contributed by atoms with van der Waals surface area (Å²) in [6.45, 7) is 6.07. The summed E-state index contributed by atoms with van der Waals surface area (Å²) in [7, 11) is 2.10. The molecular weight excluding hydrogens is 260 g/mol. The molecule has 0 spiro atoms. The predicted octanol–water partition coefficient (Wildman–Crippen LogP) is 3.49. The molecule has 0 aliphatic heterocycles. The number of nitrogens with one attached hydrogen (secondary N) is 1. The molecule has 1 aromatic carbocycles. The van der Waals surface area contributed by atoms with E-state index in [9.17, 15) is 5.11 Å². The Balaban J connectivity index is 2.18. The summed E-state index contributed by atoms with van der Waals surface area (Å²) in [5.41, 5.74) is 2.08. The fourth-order valence-electron chi connectivity index (χ4n) is 3.57. The highest BCUT2D eigenvalue weighted by Crippen LogP contribution is 2.33. The zero-order chi connectivity index (χ0) is 15.3. The molecule has 21 heavy (non-hydrogen) atoms. The predicted molar refractivity (Wildman–Crippen MR) is 89.8 cm³/mol. The van der Waals surface area contributed by atoms with Crippen molar-refractivity contribution in [2.24, 2.45) is 0 Å². The molecule has 1 atom stereocenters. The summed E-state index contributed by atoms with van der Waals surface area (Å²) >= 11 is 0. The number of likely N-dealkylation sites (N-methyl/N-ethyl adjacent to an activating group) is 1. The van der Waals surface area contributed by atoms with Gasteiger partial charge in [-0.05, 0) is 37.4 Å². The van der Waals surface area contributed by atoms with E-state index in [2.05, 4.69) is 55.4 Å². The molecule has 1 unspecified atom stereocenters. The number of hydrogen-bond donors (Lipinski definition) is 2. The maximum atomic E-state index is 10.7. The van der Waals surface area contributed by atoms with Crippen LogP contribution in [0.2, 0.25) is 0 Å². The highest BCUT2D eigenvalue weighted by atomic mass is 16.3. The minimum absolute atomic E-state index is 0.381. The van der Waals surface area contributed by atoms with E-state index in [0.29, 0.717) is 6.04 Å². The van der Waals surface area contributed by atoms with E-state index in [1.54, 1.807) is 0 Å². The molecule has 0 saturated heterocycles. The van der Waals surface area contributed by atoms with Crippen molar-refractivity contribution in [2.75, 3.05) is 25.0 Å². The van der Waals surface area contributed by atoms with Crippen LogP contribution >= 0.6 is 0 Å². The van der Waals surface area contributed by atoms with Crippen LogP contribution in [0.3, 0.4) is 0 Å². The molecule has 0 bridgehead atoms. The Bertz CT molecular complexity index is 441. The Morgan fingerprint density at radius 1 is 1.24 bits per heavy atom. The fraction of sp³-hybridized carbons (Fsp3) is 0.667. The number of aliphatic hydroxyl groups is 1. The second kappa shape index (κ2) is 7.28. The van der Waals surface area contributed by atoms with Gasteiger partial charge in [0.25, 0.3) is 0 Å². The third kappa shape index (κ3) is 3.98. The van der Waals surface area contributed by atoms with Crippen LogP contribution in [0.15, 0.2) is 24.3 Å². The Labute approximate surface area is 129 Å². The number of benzene rings is 1. The molecule has 0 heterocycles. The number of rotatable bonds is 7. The van der Waals surface area contributed by atoms with Crippen LogP contribution in [0, 0.1) is 0 Å². The molecule has 1 saturated carbocycles. The van der Waals surface area contributed by atoms with Crippen LogP contribution in [-0.4, -0.2) is 30.8 Å². The Kier molecular flexibility index (Phi) is 5.65. The summed E-state index contributed by atoms with van der Waals surface area (Å²) in [6, 6.07) is 8.96. The van der Waals surface area contributed by atoms with Crippen LogP contribution in [0.4, 0.5) is 5.69 Å². The van der Waals surface area contributed by atoms with Gasteiger partial charge in [-0.1, -0.05) is 44.9 Å². The van der Waals surface area contributed by atoms with Gasteiger partial charge in [-0.3, -0.25) is 0 Å². The van der Waals surface area contributed by atoms with Crippen LogP contribution < -0.4 is 10.2 Å². The van der Waals surface area contributed by atoms with Gasteiger partial charge in [-0.15, -0.1) is 0 Å². The van der Waals surface area contributed by atoms with Crippen molar-refractivity contribution in [2.45, 2.75) is 57.6 Å². The number of anilines is 1. The van der Waals surface area contributed by atoms with Crippen LogP contribution in [0.5, 0.6) is 0 Å². The first-order valence-electron chi connectivity index (χ1n) is 8.35. The molecule has 3 nitrogen and oxygen atoms in total. The Hall–Kier alpha value is -1.06. The molecular formula is C18H30N2O. The standard InChI is InChI=1S/C18H30N2O/c1-4-16(19-5-2)15-10-6-7-11-17(15)20(3)14-18(21)12-8-9-13-18/h6-7,10-11,16,19,21H,4-5,8-9,12-14H2,1-3H3. The molecule has 0 amide bonds. The molecule has 1 fully saturated rings. The average Bonchev–Trinajstić information content (AvgIpc) is 2.91. The number of para-hydroxylation sites is 1. The number of nitrogens with zero attached hydrogens (tertiary/aromatic N) is 1. The third-order valence-electron chi connectivity index (χ3n) is 4.65. The van der Waals surface area contributed by atoms with Crippen molar-refractivity contribution in [1.29, 1.82) is 0 Å². The van der Waals surface area contributed by atoms with Gasteiger partial charge in [-0.2, -0.15) is 0 Å². The van der Waals surface area contributed by atoms with Crippen molar-refractivity contribution in [3.05, 3.63) is 29.8 Å². The van der Waals surface area contributed by atoms with Crippen molar-refractivity contribution < 1.29 is 5.11 Å². The summed E-state index contributed by atoms with van der Waals surface area (Å²) in [4.78, 5) is 2.24. The highest BCUT2D eigenvalue weighted by molar-refractivity contribution is 5.54. The minimum atomic E-state index is -0.498. The van der Waals surface area contributed by atoms with E-state index < -0.39 is 5.60 Å². The van der Waals surface area contributed by atoms with E-state index >= 15 is 0 Å². The molecule has 3 heteroatoms. The smallest absolute Gasteiger partial charge is 0.0821 e. The zero-order valence-corrected chi connectivity index (χ0v) is 13.7. The SMILES string of the molecule is CCNC(CC)c1ccccc1N(C)CC1(O)CCCC1. The molecule has 0 radical (unpaired) electrons. The lowest BCUT2D eigenvalue weighted by Crippen LogP contribution is -2.40. The molecule has 1 aromatic rings. The fourth-order valence-corrected chi connectivity index (χ4v) is 3.57. The van der Waals surface area contributed by atoms with Gasteiger partial charge in [-0.25, -0.2) is 0 Å². The number of hydrogen-bond acceptors (Lipinski definition) is 3. The van der Waals surface area contributed by atoms with Crippen molar-refractivity contribution in [3.63, 3.8) is 0 Å². The average molecular weight is 290 g/mol. The minimum Gasteiger partial charge on any atom is -0.388 e. The monoisotopic (exact) mass is 290 g/mol. The third-order valence-corrected chi connectivity index (χ3v) is 4.65. The molecule has 2 rings (SSSR count). The van der Waals surface area contributed by atoms with Gasteiger partial charge >= 0.3 is 0 Å². The topological polar surface area (TPSA) is 35.5 Å². The van der Waals surface area contributed by atoms with Gasteiger partial charge in [0.05, 0.1) is 5.60 Å². The van der Waals surface area contributed by atoms with Crippen molar-refractivity contribution in [3.8, 4) is 0 Å². The highest BCUT2D eigenvalue weighted by Gasteiger charge is 2.32. The Morgan fingerprint density at radius 3 is 2.52 bits per heavy atom. The van der Waals surface area contributed by atoms with Gasteiger partial charge in [0.2, 0.25) is 0 Å². The summed E-state index contributed by atoms with van der Waals surface area (Å²) in [5, 5.41) is 14.2. The Morgan fingerprint density at radius 2 is 1.90 bits per heavy atom. The van der Waals surface area contributed by atoms with E-state index in [1.807, 2.05) is 0 Å². The zero-order valence-electron chi connectivity index (χ0n) is 13.7. The first-order valence-corrected chi connectivity index (χ1v) is 8.35. The van der Waals surface area contributed by atoms with Crippen molar-refractivity contribution >= 4 is 5.69 Å². The lowest BCUT2D eigenvalue weighted by Gasteiger charge is -2.32.